The summed E-state index contributed by atoms with van der Waals surface area (Å²) >= 11 is 11.5. The number of nitrogens with zero attached hydrogens (tertiary/aromatic N) is 3. The monoisotopic (exact) mass is 232 g/mol. The Balaban J connectivity index is 2.88. The van der Waals surface area contributed by atoms with Gasteiger partial charge in [-0.15, -0.1) is 0 Å². The number of benzene rings is 1. The Morgan fingerprint density at radius 3 is 2.64 bits per heavy atom. The molecule has 0 amide bonds. The fourth-order valence-electron chi connectivity index (χ4n) is 1.06. The molecule has 0 aliphatic heterocycles. The van der Waals surface area contributed by atoms with Crippen LogP contribution in [0, 0.1) is 10.1 Å². The fourth-order valence-corrected chi connectivity index (χ4v) is 1.55. The minimum absolute atomic E-state index is 0.0665. The maximum Gasteiger partial charge on any atom is 0.291 e. The van der Waals surface area contributed by atoms with Crippen LogP contribution >= 0.6 is 23.2 Å². The second-order valence-electron chi connectivity index (χ2n) is 2.47. The van der Waals surface area contributed by atoms with Crippen LogP contribution in [-0.2, 0) is 0 Å². The second-order valence-corrected chi connectivity index (χ2v) is 3.25. The highest BCUT2D eigenvalue weighted by atomic mass is 35.5. The third-order valence-electron chi connectivity index (χ3n) is 1.67. The summed E-state index contributed by atoms with van der Waals surface area (Å²) in [7, 11) is 0. The standard InChI is InChI=1S/C6H2Cl2N4O2/c7-2-1-3(12(13)14)4(8)6-5(2)9-11-10-6/h1H,(H,9,10,11). The van der Waals surface area contributed by atoms with Crippen LogP contribution in [0.25, 0.3) is 11.0 Å². The molecule has 2 rings (SSSR count). The SMILES string of the molecule is O=[N+]([O-])c1cc(Cl)c2n[nH]nc2c1Cl. The lowest BCUT2D eigenvalue weighted by Gasteiger charge is -1.96. The molecule has 0 aliphatic carbocycles. The van der Waals surface area contributed by atoms with Gasteiger partial charge in [-0.3, -0.25) is 10.1 Å². The van der Waals surface area contributed by atoms with Crippen LogP contribution in [0.1, 0.15) is 0 Å². The normalized spacial score (nSPS) is 10.7. The van der Waals surface area contributed by atoms with Crippen molar-refractivity contribution in [3.05, 3.63) is 26.2 Å². The van der Waals surface area contributed by atoms with E-state index in [4.69, 9.17) is 23.2 Å². The number of aromatic nitrogens is 3. The molecule has 1 aromatic carbocycles. The molecule has 0 aliphatic rings. The second kappa shape index (κ2) is 3.07. The van der Waals surface area contributed by atoms with E-state index in [2.05, 4.69) is 15.4 Å². The van der Waals surface area contributed by atoms with Crippen molar-refractivity contribution in [2.75, 3.05) is 0 Å². The van der Waals surface area contributed by atoms with Gasteiger partial charge in [0.15, 0.2) is 0 Å². The summed E-state index contributed by atoms with van der Waals surface area (Å²) in [6.07, 6.45) is 0. The van der Waals surface area contributed by atoms with Crippen molar-refractivity contribution >= 4 is 39.9 Å². The molecule has 0 saturated heterocycles. The lowest BCUT2D eigenvalue weighted by atomic mass is 10.3. The van der Waals surface area contributed by atoms with Gasteiger partial charge < -0.3 is 0 Å². The van der Waals surface area contributed by atoms with Crippen LogP contribution < -0.4 is 0 Å². The number of fused-ring (bicyclic) bond motifs is 1. The van der Waals surface area contributed by atoms with Crippen LogP contribution in [0.4, 0.5) is 5.69 Å². The first-order valence-corrected chi connectivity index (χ1v) is 4.19. The number of aromatic amines is 1. The fraction of sp³-hybridized carbons (Fsp3) is 0. The molecule has 1 heterocycles. The molecule has 72 valence electrons. The number of hydrogen-bond donors (Lipinski definition) is 1. The molecule has 0 bridgehead atoms. The molecule has 0 atom stereocenters. The van der Waals surface area contributed by atoms with E-state index in [1.807, 2.05) is 0 Å². The molecule has 0 saturated carbocycles. The van der Waals surface area contributed by atoms with Gasteiger partial charge in [0, 0.05) is 6.07 Å². The van der Waals surface area contributed by atoms with Gasteiger partial charge >= 0.3 is 0 Å². The van der Waals surface area contributed by atoms with Crippen LogP contribution in [0.15, 0.2) is 6.07 Å². The number of nitrogens with one attached hydrogen (secondary N) is 1. The quantitative estimate of drug-likeness (QED) is 0.604. The zero-order valence-electron chi connectivity index (χ0n) is 6.49. The Hall–Kier alpha value is -1.40. The average Bonchev–Trinajstić information content (AvgIpc) is 2.59. The average molecular weight is 233 g/mol. The van der Waals surface area contributed by atoms with Crippen molar-refractivity contribution in [1.29, 1.82) is 0 Å². The minimum Gasteiger partial charge on any atom is -0.258 e. The van der Waals surface area contributed by atoms with Gasteiger partial charge in [-0.25, -0.2) is 0 Å². The first-order chi connectivity index (χ1) is 6.61. The van der Waals surface area contributed by atoms with Crippen LogP contribution in [0.5, 0.6) is 0 Å². The molecule has 0 unspecified atom stereocenters. The van der Waals surface area contributed by atoms with Crippen molar-refractivity contribution in [2.24, 2.45) is 0 Å². The van der Waals surface area contributed by atoms with E-state index in [-0.39, 0.29) is 21.2 Å². The van der Waals surface area contributed by atoms with Crippen LogP contribution in [0.2, 0.25) is 10.0 Å². The molecule has 1 aromatic heterocycles. The smallest absolute Gasteiger partial charge is 0.258 e. The molecule has 0 fully saturated rings. The van der Waals surface area contributed by atoms with E-state index in [9.17, 15) is 10.1 Å². The lowest BCUT2D eigenvalue weighted by molar-refractivity contribution is -0.384. The molecule has 0 spiro atoms. The van der Waals surface area contributed by atoms with Gasteiger partial charge in [0.25, 0.3) is 5.69 Å². The van der Waals surface area contributed by atoms with Crippen molar-refractivity contribution < 1.29 is 4.92 Å². The predicted molar refractivity (Wildman–Crippen MR) is 50.6 cm³/mol. The molecule has 1 N–H and O–H groups in total. The molecule has 2 aromatic rings. The van der Waals surface area contributed by atoms with Crippen molar-refractivity contribution in [3.8, 4) is 0 Å². The molecule has 0 radical (unpaired) electrons. The zero-order valence-corrected chi connectivity index (χ0v) is 8.00. The molecular weight excluding hydrogens is 231 g/mol. The summed E-state index contributed by atoms with van der Waals surface area (Å²) in [4.78, 5) is 9.92. The summed E-state index contributed by atoms with van der Waals surface area (Å²) in [6.45, 7) is 0. The first-order valence-electron chi connectivity index (χ1n) is 3.44. The van der Waals surface area contributed by atoms with Crippen LogP contribution in [-0.4, -0.2) is 20.3 Å². The molecule has 8 heteroatoms. The summed E-state index contributed by atoms with van der Waals surface area (Å²) < 4.78 is 0. The number of rotatable bonds is 1. The summed E-state index contributed by atoms with van der Waals surface area (Å²) in [5.74, 6) is 0. The van der Waals surface area contributed by atoms with Gasteiger partial charge in [0.05, 0.1) is 9.95 Å². The topological polar surface area (TPSA) is 84.7 Å². The maximum atomic E-state index is 10.5. The number of H-pyrrole nitrogens is 1. The minimum atomic E-state index is -0.623. The van der Waals surface area contributed by atoms with E-state index in [1.54, 1.807) is 0 Å². The highest BCUT2D eigenvalue weighted by Gasteiger charge is 2.20. The van der Waals surface area contributed by atoms with Gasteiger partial charge in [-0.1, -0.05) is 23.2 Å². The van der Waals surface area contributed by atoms with E-state index >= 15 is 0 Å². The number of nitro groups is 1. The molecule has 14 heavy (non-hydrogen) atoms. The summed E-state index contributed by atoms with van der Waals surface area (Å²) in [5, 5.41) is 20.3. The number of hydrogen-bond acceptors (Lipinski definition) is 4. The van der Waals surface area contributed by atoms with Gasteiger partial charge in [0.1, 0.15) is 16.1 Å². The van der Waals surface area contributed by atoms with Crippen molar-refractivity contribution in [1.82, 2.24) is 15.4 Å². The summed E-state index contributed by atoms with van der Waals surface area (Å²) in [6, 6.07) is 1.15. The number of halogens is 2. The van der Waals surface area contributed by atoms with Crippen LogP contribution in [0.3, 0.4) is 0 Å². The highest BCUT2D eigenvalue weighted by molar-refractivity contribution is 6.41. The van der Waals surface area contributed by atoms with E-state index in [1.165, 1.54) is 0 Å². The summed E-state index contributed by atoms with van der Waals surface area (Å²) in [5.41, 5.74) is 0.242. The first kappa shape index (κ1) is 9.17. The van der Waals surface area contributed by atoms with E-state index in [0.717, 1.165) is 6.07 Å². The van der Waals surface area contributed by atoms with Gasteiger partial charge in [0.2, 0.25) is 0 Å². The maximum absolute atomic E-state index is 10.5. The van der Waals surface area contributed by atoms with E-state index in [0.29, 0.717) is 5.52 Å². The molecule has 6 nitrogen and oxygen atoms in total. The Kier molecular flexibility index (Phi) is 2.01. The van der Waals surface area contributed by atoms with E-state index < -0.39 is 4.92 Å². The highest BCUT2D eigenvalue weighted by Crippen LogP contribution is 2.34. The largest absolute Gasteiger partial charge is 0.291 e. The third kappa shape index (κ3) is 1.19. The van der Waals surface area contributed by atoms with Crippen molar-refractivity contribution in [3.63, 3.8) is 0 Å². The Labute approximate surface area is 87.0 Å². The lowest BCUT2D eigenvalue weighted by Crippen LogP contribution is -1.90. The Morgan fingerprint density at radius 2 is 2.00 bits per heavy atom. The Morgan fingerprint density at radius 1 is 1.36 bits per heavy atom. The van der Waals surface area contributed by atoms with Gasteiger partial charge in [-0.2, -0.15) is 15.4 Å². The zero-order chi connectivity index (χ0) is 10.3. The molecular formula is C6H2Cl2N4O2. The number of nitro benzene ring substituents is 1. The third-order valence-corrected chi connectivity index (χ3v) is 2.33. The van der Waals surface area contributed by atoms with Crippen molar-refractivity contribution in [2.45, 2.75) is 0 Å². The predicted octanol–water partition coefficient (Wildman–Crippen LogP) is 2.17. The van der Waals surface area contributed by atoms with Gasteiger partial charge in [-0.05, 0) is 0 Å². The Bertz CT molecular complexity index is 524.